The van der Waals surface area contributed by atoms with Gasteiger partial charge in [0.1, 0.15) is 5.75 Å². The Morgan fingerprint density at radius 2 is 1.93 bits per heavy atom. The van der Waals surface area contributed by atoms with Gasteiger partial charge in [-0.15, -0.1) is 0 Å². The number of amides is 1. The summed E-state index contributed by atoms with van der Waals surface area (Å²) < 4.78 is 5.22. The van der Waals surface area contributed by atoms with Gasteiger partial charge in [0.25, 0.3) is 5.91 Å². The van der Waals surface area contributed by atoms with Gasteiger partial charge in [-0.1, -0.05) is 12.5 Å². The number of hydrogen-bond acceptors (Lipinski definition) is 7. The number of hydrogen-bond donors (Lipinski definition) is 4. The Morgan fingerprint density at radius 3 is 2.63 bits per heavy atom. The molecule has 0 aromatic heterocycles. The van der Waals surface area contributed by atoms with Gasteiger partial charge in [0.2, 0.25) is 5.78 Å². The fraction of sp³-hybridized carbons (Fsp3) is 0.421. The van der Waals surface area contributed by atoms with Crippen LogP contribution in [0.4, 0.5) is 0 Å². The topological polar surface area (TPSA) is 145 Å². The number of aromatic hydroxyl groups is 1. The summed E-state index contributed by atoms with van der Waals surface area (Å²) in [7, 11) is 0. The van der Waals surface area contributed by atoms with Crippen LogP contribution in [-0.4, -0.2) is 48.8 Å². The van der Waals surface area contributed by atoms with E-state index in [1.807, 2.05) is 0 Å². The number of carbonyl (C=O) groups excluding carboxylic acids is 3. The van der Waals surface area contributed by atoms with Gasteiger partial charge in [0.05, 0.1) is 5.56 Å². The number of rotatable bonds is 10. The second-order valence-corrected chi connectivity index (χ2v) is 6.37. The zero-order chi connectivity index (χ0) is 19.8. The Hall–Kier alpha value is -2.71. The molecule has 1 aliphatic rings. The van der Waals surface area contributed by atoms with Crippen molar-refractivity contribution in [1.29, 1.82) is 0 Å². The number of allylic oxidation sites excluding steroid dienone is 2. The number of ketones is 2. The molecule has 0 fully saturated rings. The number of phenolic OH excluding ortho intramolecular Hbond substituents is 1. The van der Waals surface area contributed by atoms with Crippen molar-refractivity contribution in [2.24, 2.45) is 17.4 Å². The minimum Gasteiger partial charge on any atom is -0.507 e. The number of fused-ring (bicyclic) bond motifs is 1. The van der Waals surface area contributed by atoms with Gasteiger partial charge in [-0.25, -0.2) is 0 Å². The number of ether oxygens (including phenoxy) is 1. The van der Waals surface area contributed by atoms with Crippen molar-refractivity contribution in [3.05, 3.63) is 41.2 Å². The molecule has 0 saturated carbocycles. The van der Waals surface area contributed by atoms with Gasteiger partial charge >= 0.3 is 0 Å². The minimum absolute atomic E-state index is 0.0486. The van der Waals surface area contributed by atoms with Crippen molar-refractivity contribution in [2.75, 3.05) is 26.2 Å². The first kappa shape index (κ1) is 20.6. The lowest BCUT2D eigenvalue weighted by atomic mass is 9.93. The molecular weight excluding hydrogens is 350 g/mol. The van der Waals surface area contributed by atoms with Crippen LogP contribution in [0.15, 0.2) is 30.0 Å². The minimum atomic E-state index is -0.539. The molecule has 0 unspecified atom stereocenters. The third-order valence-corrected chi connectivity index (χ3v) is 4.41. The SMILES string of the molecule is NCC(CN)CCCCNC(=O)COC1=CC(=O)c2c(O)cccc2C1=O. The van der Waals surface area contributed by atoms with E-state index in [1.165, 1.54) is 18.2 Å². The number of unbranched alkanes of at least 4 members (excludes halogenated alkanes) is 1. The van der Waals surface area contributed by atoms with E-state index in [-0.39, 0.29) is 35.1 Å². The number of carbonyl (C=O) groups is 3. The first-order chi connectivity index (χ1) is 13.0. The van der Waals surface area contributed by atoms with Crippen LogP contribution in [0.1, 0.15) is 40.0 Å². The number of nitrogens with two attached hydrogens (primary N) is 2. The van der Waals surface area contributed by atoms with E-state index in [0.29, 0.717) is 25.6 Å². The van der Waals surface area contributed by atoms with Crippen LogP contribution >= 0.6 is 0 Å². The summed E-state index contributed by atoms with van der Waals surface area (Å²) in [5.74, 6) is -1.62. The summed E-state index contributed by atoms with van der Waals surface area (Å²) >= 11 is 0. The average Bonchev–Trinajstić information content (AvgIpc) is 2.66. The van der Waals surface area contributed by atoms with Gasteiger partial charge < -0.3 is 26.6 Å². The number of phenols is 1. The summed E-state index contributed by atoms with van der Waals surface area (Å²) in [6, 6.07) is 4.23. The molecule has 8 heteroatoms. The highest BCUT2D eigenvalue weighted by atomic mass is 16.5. The van der Waals surface area contributed by atoms with Gasteiger partial charge in [-0.2, -0.15) is 0 Å². The monoisotopic (exact) mass is 375 g/mol. The predicted octanol–water partition coefficient (Wildman–Crippen LogP) is 0.492. The van der Waals surface area contributed by atoms with Gasteiger partial charge in [-0.05, 0) is 44.0 Å². The van der Waals surface area contributed by atoms with Gasteiger partial charge in [-0.3, -0.25) is 14.4 Å². The highest BCUT2D eigenvalue weighted by Gasteiger charge is 2.29. The molecule has 0 radical (unpaired) electrons. The molecule has 0 atom stereocenters. The second-order valence-electron chi connectivity index (χ2n) is 6.37. The van der Waals surface area contributed by atoms with Gasteiger partial charge in [0, 0.05) is 18.2 Å². The molecular formula is C19H25N3O5. The van der Waals surface area contributed by atoms with E-state index >= 15 is 0 Å². The van der Waals surface area contributed by atoms with Gasteiger partial charge in [0.15, 0.2) is 18.1 Å². The molecule has 0 bridgehead atoms. The molecule has 1 aliphatic carbocycles. The maximum Gasteiger partial charge on any atom is 0.257 e. The van der Waals surface area contributed by atoms with E-state index < -0.39 is 11.6 Å². The highest BCUT2D eigenvalue weighted by molar-refractivity contribution is 6.24. The highest BCUT2D eigenvalue weighted by Crippen LogP contribution is 2.28. The third kappa shape index (κ3) is 5.38. The molecule has 27 heavy (non-hydrogen) atoms. The smallest absolute Gasteiger partial charge is 0.257 e. The van der Waals surface area contributed by atoms with Crippen molar-refractivity contribution in [1.82, 2.24) is 5.32 Å². The van der Waals surface area contributed by atoms with Crippen LogP contribution in [0.25, 0.3) is 0 Å². The quantitative estimate of drug-likeness (QED) is 0.436. The molecule has 0 spiro atoms. The zero-order valence-corrected chi connectivity index (χ0v) is 15.1. The first-order valence-electron chi connectivity index (χ1n) is 8.90. The Kier molecular flexibility index (Phi) is 7.51. The third-order valence-electron chi connectivity index (χ3n) is 4.41. The largest absolute Gasteiger partial charge is 0.507 e. The molecule has 1 aromatic carbocycles. The van der Waals surface area contributed by atoms with Crippen molar-refractivity contribution < 1.29 is 24.2 Å². The fourth-order valence-corrected chi connectivity index (χ4v) is 2.80. The molecule has 1 aromatic rings. The lowest BCUT2D eigenvalue weighted by Crippen LogP contribution is -2.30. The van der Waals surface area contributed by atoms with Crippen molar-refractivity contribution in [3.63, 3.8) is 0 Å². The maximum absolute atomic E-state index is 12.3. The van der Waals surface area contributed by atoms with Crippen molar-refractivity contribution in [3.8, 4) is 5.75 Å². The average molecular weight is 375 g/mol. The van der Waals surface area contributed by atoms with E-state index in [9.17, 15) is 19.5 Å². The predicted molar refractivity (Wildman–Crippen MR) is 99.3 cm³/mol. The molecule has 1 amide bonds. The van der Waals surface area contributed by atoms with Crippen LogP contribution < -0.4 is 16.8 Å². The Morgan fingerprint density at radius 1 is 1.19 bits per heavy atom. The van der Waals surface area contributed by atoms with Crippen LogP contribution in [0, 0.1) is 5.92 Å². The standard InChI is InChI=1S/C19H25N3O5/c20-9-12(10-21)4-1-2-7-22-17(25)11-27-16-8-15(24)18-13(19(16)26)5-3-6-14(18)23/h3,5-6,8,12,23H,1-2,4,7,9-11,20-21H2,(H,22,25). The second kappa shape index (κ2) is 9.84. The fourth-order valence-electron chi connectivity index (χ4n) is 2.80. The lowest BCUT2D eigenvalue weighted by molar-refractivity contribution is -0.124. The zero-order valence-electron chi connectivity index (χ0n) is 15.1. The van der Waals surface area contributed by atoms with E-state index in [1.54, 1.807) is 0 Å². The lowest BCUT2D eigenvalue weighted by Gasteiger charge is -2.16. The number of Topliss-reactive ketones (excluding diaryl/α,β-unsaturated/α-hetero) is 1. The first-order valence-corrected chi connectivity index (χ1v) is 8.90. The normalized spacial score (nSPS) is 13.4. The van der Waals surface area contributed by atoms with Crippen LogP contribution in [0.5, 0.6) is 5.75 Å². The molecule has 8 nitrogen and oxygen atoms in total. The summed E-state index contributed by atoms with van der Waals surface area (Å²) in [5, 5.41) is 12.4. The Balaban J connectivity index is 1.77. The maximum atomic E-state index is 12.3. The number of benzene rings is 1. The molecule has 0 saturated heterocycles. The van der Waals surface area contributed by atoms with Crippen molar-refractivity contribution in [2.45, 2.75) is 19.3 Å². The Bertz CT molecular complexity index is 741. The summed E-state index contributed by atoms with van der Waals surface area (Å²) in [5.41, 5.74) is 11.2. The van der Waals surface area contributed by atoms with Crippen LogP contribution in [-0.2, 0) is 9.53 Å². The molecule has 0 aliphatic heterocycles. The molecule has 2 rings (SSSR count). The number of nitrogens with one attached hydrogen (secondary N) is 1. The van der Waals surface area contributed by atoms with E-state index in [4.69, 9.17) is 16.2 Å². The van der Waals surface area contributed by atoms with E-state index in [2.05, 4.69) is 5.32 Å². The molecule has 6 N–H and O–H groups in total. The molecule has 0 heterocycles. The summed E-state index contributed by atoms with van der Waals surface area (Å²) in [6.07, 6.45) is 3.60. The summed E-state index contributed by atoms with van der Waals surface area (Å²) in [4.78, 5) is 36.3. The summed E-state index contributed by atoms with van der Waals surface area (Å²) in [6.45, 7) is 1.22. The van der Waals surface area contributed by atoms with Crippen molar-refractivity contribution >= 4 is 17.5 Å². The Labute approximate surface area is 157 Å². The van der Waals surface area contributed by atoms with Crippen LogP contribution in [0.3, 0.4) is 0 Å². The van der Waals surface area contributed by atoms with Crippen LogP contribution in [0.2, 0.25) is 0 Å². The van der Waals surface area contributed by atoms with E-state index in [0.717, 1.165) is 25.3 Å². The molecule has 146 valence electrons.